The van der Waals surface area contributed by atoms with E-state index in [1.807, 2.05) is 0 Å². The smallest absolute Gasteiger partial charge is 0.267 e. The van der Waals surface area contributed by atoms with Gasteiger partial charge < -0.3 is 0 Å². The second-order valence-electron chi connectivity index (χ2n) is 5.04. The van der Waals surface area contributed by atoms with Crippen LogP contribution in [0, 0.1) is 0 Å². The SMILES string of the molecule is CS(=O)(=O)Cc1cccc(C(=O)NNC(=O)c2ccccc2)c1. The molecule has 0 radical (unpaired) electrons. The number of benzene rings is 2. The highest BCUT2D eigenvalue weighted by Crippen LogP contribution is 2.08. The Bertz CT molecular complexity index is 817. The van der Waals surface area contributed by atoms with Gasteiger partial charge in [0.05, 0.1) is 5.75 Å². The van der Waals surface area contributed by atoms with Gasteiger partial charge >= 0.3 is 0 Å². The summed E-state index contributed by atoms with van der Waals surface area (Å²) in [6, 6.07) is 14.7. The lowest BCUT2D eigenvalue weighted by Gasteiger charge is -2.08. The number of hydrazine groups is 1. The van der Waals surface area contributed by atoms with Crippen LogP contribution < -0.4 is 10.9 Å². The average molecular weight is 332 g/mol. The minimum absolute atomic E-state index is 0.148. The van der Waals surface area contributed by atoms with Crippen LogP contribution in [0.25, 0.3) is 0 Å². The zero-order chi connectivity index (χ0) is 16.9. The summed E-state index contributed by atoms with van der Waals surface area (Å²) >= 11 is 0. The van der Waals surface area contributed by atoms with E-state index in [-0.39, 0.29) is 11.3 Å². The predicted octanol–water partition coefficient (Wildman–Crippen LogP) is 1.31. The third kappa shape index (κ3) is 5.23. The molecule has 0 fully saturated rings. The Kier molecular flexibility index (Phi) is 5.13. The second-order valence-corrected chi connectivity index (χ2v) is 7.18. The van der Waals surface area contributed by atoms with Crippen LogP contribution in [-0.4, -0.2) is 26.5 Å². The number of sulfone groups is 1. The molecule has 120 valence electrons. The molecule has 0 saturated heterocycles. The summed E-state index contributed by atoms with van der Waals surface area (Å²) < 4.78 is 22.6. The van der Waals surface area contributed by atoms with Gasteiger partial charge in [0.2, 0.25) is 0 Å². The van der Waals surface area contributed by atoms with Crippen molar-refractivity contribution in [3.8, 4) is 0 Å². The van der Waals surface area contributed by atoms with E-state index < -0.39 is 21.7 Å². The van der Waals surface area contributed by atoms with Crippen LogP contribution in [0.3, 0.4) is 0 Å². The van der Waals surface area contributed by atoms with Crippen molar-refractivity contribution in [1.29, 1.82) is 0 Å². The van der Waals surface area contributed by atoms with Crippen molar-refractivity contribution in [1.82, 2.24) is 10.9 Å². The summed E-state index contributed by atoms with van der Waals surface area (Å²) in [4.78, 5) is 23.9. The van der Waals surface area contributed by atoms with Crippen molar-refractivity contribution >= 4 is 21.7 Å². The van der Waals surface area contributed by atoms with Crippen LogP contribution in [0.4, 0.5) is 0 Å². The van der Waals surface area contributed by atoms with Crippen molar-refractivity contribution in [2.24, 2.45) is 0 Å². The van der Waals surface area contributed by atoms with Crippen LogP contribution >= 0.6 is 0 Å². The van der Waals surface area contributed by atoms with E-state index in [4.69, 9.17) is 0 Å². The summed E-state index contributed by atoms with van der Waals surface area (Å²) in [6.45, 7) is 0. The molecule has 6 nitrogen and oxygen atoms in total. The van der Waals surface area contributed by atoms with Crippen molar-refractivity contribution in [3.05, 3.63) is 71.3 Å². The molecular formula is C16H16N2O4S. The highest BCUT2D eigenvalue weighted by molar-refractivity contribution is 7.89. The molecule has 0 heterocycles. The molecule has 7 heteroatoms. The number of nitrogens with one attached hydrogen (secondary N) is 2. The first-order valence-electron chi connectivity index (χ1n) is 6.77. The van der Waals surface area contributed by atoms with Gasteiger partial charge in [-0.2, -0.15) is 0 Å². The number of hydrogen-bond donors (Lipinski definition) is 2. The lowest BCUT2D eigenvalue weighted by atomic mass is 10.1. The Morgan fingerprint density at radius 3 is 2.04 bits per heavy atom. The molecule has 2 N–H and O–H groups in total. The Labute approximate surface area is 134 Å². The lowest BCUT2D eigenvalue weighted by Crippen LogP contribution is -2.41. The van der Waals surface area contributed by atoms with Gasteiger partial charge in [0.1, 0.15) is 0 Å². The number of carbonyl (C=O) groups is 2. The van der Waals surface area contributed by atoms with Crippen LogP contribution in [0.2, 0.25) is 0 Å². The van der Waals surface area contributed by atoms with E-state index in [1.165, 1.54) is 12.1 Å². The maximum absolute atomic E-state index is 12.0. The van der Waals surface area contributed by atoms with Gasteiger partial charge in [-0.25, -0.2) is 8.42 Å². The molecule has 0 aromatic heterocycles. The van der Waals surface area contributed by atoms with Crippen LogP contribution in [0.5, 0.6) is 0 Å². The van der Waals surface area contributed by atoms with Crippen LogP contribution in [0.1, 0.15) is 26.3 Å². The first kappa shape index (κ1) is 16.7. The molecule has 0 bridgehead atoms. The third-order valence-corrected chi connectivity index (χ3v) is 3.80. The van der Waals surface area contributed by atoms with Crippen LogP contribution in [0.15, 0.2) is 54.6 Å². The van der Waals surface area contributed by atoms with E-state index >= 15 is 0 Å². The minimum atomic E-state index is -3.18. The fourth-order valence-electron chi connectivity index (χ4n) is 1.95. The molecule has 0 saturated carbocycles. The summed E-state index contributed by atoms with van der Waals surface area (Å²) in [6.07, 6.45) is 1.12. The molecule has 2 amide bonds. The van der Waals surface area contributed by atoms with Gasteiger partial charge in [-0.3, -0.25) is 20.4 Å². The first-order chi connectivity index (χ1) is 10.8. The highest BCUT2D eigenvalue weighted by atomic mass is 32.2. The molecule has 23 heavy (non-hydrogen) atoms. The zero-order valence-corrected chi connectivity index (χ0v) is 13.3. The van der Waals surface area contributed by atoms with E-state index in [0.29, 0.717) is 11.1 Å². The maximum Gasteiger partial charge on any atom is 0.269 e. The van der Waals surface area contributed by atoms with Gasteiger partial charge in [0, 0.05) is 17.4 Å². The predicted molar refractivity (Wildman–Crippen MR) is 86.4 cm³/mol. The van der Waals surface area contributed by atoms with E-state index in [0.717, 1.165) is 6.26 Å². The molecule has 0 unspecified atom stereocenters. The van der Waals surface area contributed by atoms with Gasteiger partial charge in [-0.1, -0.05) is 30.3 Å². The molecule has 2 aromatic rings. The minimum Gasteiger partial charge on any atom is -0.267 e. The average Bonchev–Trinajstić information content (AvgIpc) is 2.51. The van der Waals surface area contributed by atoms with Crippen molar-refractivity contribution in [2.75, 3.05) is 6.26 Å². The lowest BCUT2D eigenvalue weighted by molar-refractivity contribution is 0.0846. The summed E-state index contributed by atoms with van der Waals surface area (Å²) in [5.74, 6) is -1.11. The summed E-state index contributed by atoms with van der Waals surface area (Å²) in [5.41, 5.74) is 5.80. The monoisotopic (exact) mass is 332 g/mol. The third-order valence-electron chi connectivity index (χ3n) is 2.94. The van der Waals surface area contributed by atoms with Gasteiger partial charge in [-0.15, -0.1) is 0 Å². The molecule has 0 spiro atoms. The zero-order valence-electron chi connectivity index (χ0n) is 12.4. The normalized spacial score (nSPS) is 10.8. The van der Waals surface area contributed by atoms with Crippen LogP contribution in [-0.2, 0) is 15.6 Å². The number of hydrogen-bond acceptors (Lipinski definition) is 4. The van der Waals surface area contributed by atoms with Crippen molar-refractivity contribution in [3.63, 3.8) is 0 Å². The molecule has 0 atom stereocenters. The Balaban J connectivity index is 2.01. The largest absolute Gasteiger partial charge is 0.269 e. The summed E-state index contributed by atoms with van der Waals surface area (Å²) in [7, 11) is -3.18. The topological polar surface area (TPSA) is 92.3 Å². The molecular weight excluding hydrogens is 316 g/mol. The number of rotatable bonds is 4. The van der Waals surface area contributed by atoms with Gasteiger partial charge in [0.25, 0.3) is 11.8 Å². The molecule has 0 aliphatic heterocycles. The molecule has 0 aliphatic rings. The summed E-state index contributed by atoms with van der Waals surface area (Å²) in [5, 5.41) is 0. The first-order valence-corrected chi connectivity index (χ1v) is 8.83. The van der Waals surface area contributed by atoms with E-state index in [1.54, 1.807) is 42.5 Å². The standard InChI is InChI=1S/C16H16N2O4S/c1-23(21,22)11-12-6-5-9-14(10-12)16(20)18-17-15(19)13-7-3-2-4-8-13/h2-10H,11H2,1H3,(H,17,19)(H,18,20). The maximum atomic E-state index is 12.0. The quantitative estimate of drug-likeness (QED) is 0.826. The number of carbonyl (C=O) groups excluding carboxylic acids is 2. The second kappa shape index (κ2) is 7.06. The Hall–Kier alpha value is -2.67. The fraction of sp³-hybridized carbons (Fsp3) is 0.125. The van der Waals surface area contributed by atoms with E-state index in [2.05, 4.69) is 10.9 Å². The van der Waals surface area contributed by atoms with Gasteiger partial charge in [0.15, 0.2) is 9.84 Å². The Morgan fingerprint density at radius 2 is 1.43 bits per heavy atom. The van der Waals surface area contributed by atoms with Crippen molar-refractivity contribution in [2.45, 2.75) is 5.75 Å². The molecule has 0 aliphatic carbocycles. The van der Waals surface area contributed by atoms with Crippen molar-refractivity contribution < 1.29 is 18.0 Å². The highest BCUT2D eigenvalue weighted by Gasteiger charge is 2.11. The van der Waals surface area contributed by atoms with Gasteiger partial charge in [-0.05, 0) is 29.8 Å². The number of amides is 2. The molecule has 2 aromatic carbocycles. The molecule has 2 rings (SSSR count). The van der Waals surface area contributed by atoms with E-state index in [9.17, 15) is 18.0 Å². The fourth-order valence-corrected chi connectivity index (χ4v) is 2.74. The Morgan fingerprint density at radius 1 is 0.870 bits per heavy atom.